The lowest BCUT2D eigenvalue weighted by molar-refractivity contribution is 0.0969. The topological polar surface area (TPSA) is 24.5 Å². The molecule has 1 saturated heterocycles. The highest BCUT2D eigenvalue weighted by atomic mass is 16.5. The molecule has 1 rings (SSSR count). The second kappa shape index (κ2) is 7.46. The molecular formula is C15H32N2O. The summed E-state index contributed by atoms with van der Waals surface area (Å²) in [5, 5.41) is 3.61. The van der Waals surface area contributed by atoms with Crippen molar-refractivity contribution in [2.45, 2.75) is 59.1 Å². The van der Waals surface area contributed by atoms with Gasteiger partial charge in [-0.1, -0.05) is 34.1 Å². The van der Waals surface area contributed by atoms with Gasteiger partial charge in [0.25, 0.3) is 0 Å². The van der Waals surface area contributed by atoms with Crippen LogP contribution >= 0.6 is 0 Å². The predicted molar refractivity (Wildman–Crippen MR) is 78.0 cm³/mol. The van der Waals surface area contributed by atoms with E-state index in [-0.39, 0.29) is 0 Å². The fourth-order valence-electron chi connectivity index (χ4n) is 2.95. The van der Waals surface area contributed by atoms with Crippen LogP contribution in [0.4, 0.5) is 0 Å². The summed E-state index contributed by atoms with van der Waals surface area (Å²) >= 11 is 0. The Hall–Kier alpha value is -0.120. The summed E-state index contributed by atoms with van der Waals surface area (Å²) in [6, 6.07) is 0.575. The van der Waals surface area contributed by atoms with Crippen molar-refractivity contribution >= 4 is 0 Å². The van der Waals surface area contributed by atoms with Gasteiger partial charge in [-0.15, -0.1) is 0 Å². The van der Waals surface area contributed by atoms with Crippen molar-refractivity contribution in [3.05, 3.63) is 0 Å². The van der Waals surface area contributed by atoms with Gasteiger partial charge in [0.05, 0.1) is 6.10 Å². The Kier molecular flexibility index (Phi) is 6.61. The van der Waals surface area contributed by atoms with Crippen molar-refractivity contribution in [2.24, 2.45) is 5.41 Å². The van der Waals surface area contributed by atoms with E-state index in [1.165, 1.54) is 32.4 Å². The maximum absolute atomic E-state index is 5.46. The normalized spacial score (nSPS) is 24.7. The van der Waals surface area contributed by atoms with Crippen LogP contribution in [-0.2, 0) is 4.74 Å². The maximum atomic E-state index is 5.46. The van der Waals surface area contributed by atoms with Crippen LogP contribution in [0.15, 0.2) is 0 Å². The van der Waals surface area contributed by atoms with Gasteiger partial charge >= 0.3 is 0 Å². The van der Waals surface area contributed by atoms with E-state index in [2.05, 4.69) is 37.9 Å². The monoisotopic (exact) mass is 256 g/mol. The van der Waals surface area contributed by atoms with Crippen LogP contribution < -0.4 is 5.32 Å². The summed E-state index contributed by atoms with van der Waals surface area (Å²) < 4.78 is 5.46. The second-order valence-corrected chi connectivity index (χ2v) is 6.48. The minimum atomic E-state index is 0.391. The Balaban J connectivity index is 2.45. The van der Waals surface area contributed by atoms with E-state index in [0.717, 1.165) is 13.1 Å². The summed E-state index contributed by atoms with van der Waals surface area (Å²) in [5.74, 6) is 0. The molecule has 1 fully saturated rings. The smallest absolute Gasteiger partial charge is 0.0710 e. The summed E-state index contributed by atoms with van der Waals surface area (Å²) in [4.78, 5) is 2.58. The van der Waals surface area contributed by atoms with E-state index in [1.54, 1.807) is 0 Å². The lowest BCUT2D eigenvalue weighted by Crippen LogP contribution is -2.43. The summed E-state index contributed by atoms with van der Waals surface area (Å²) in [6.07, 6.45) is 4.20. The van der Waals surface area contributed by atoms with E-state index in [4.69, 9.17) is 4.74 Å². The molecule has 3 nitrogen and oxygen atoms in total. The molecule has 0 amide bonds. The van der Waals surface area contributed by atoms with Gasteiger partial charge in [0.2, 0.25) is 0 Å². The molecule has 108 valence electrons. The Morgan fingerprint density at radius 3 is 2.67 bits per heavy atom. The zero-order valence-corrected chi connectivity index (χ0v) is 13.0. The van der Waals surface area contributed by atoms with Crippen molar-refractivity contribution in [1.29, 1.82) is 0 Å². The first-order valence-corrected chi connectivity index (χ1v) is 7.47. The maximum Gasteiger partial charge on any atom is 0.0710 e. The largest absolute Gasteiger partial charge is 0.380 e. The SMILES string of the molecule is CCCC(C)(CNC(C)C)CN1CCC(OC)C1. The molecule has 0 aromatic carbocycles. The number of rotatable bonds is 8. The molecule has 18 heavy (non-hydrogen) atoms. The van der Waals surface area contributed by atoms with E-state index < -0.39 is 0 Å². The number of nitrogens with one attached hydrogen (secondary N) is 1. The van der Waals surface area contributed by atoms with Gasteiger partial charge in [-0.3, -0.25) is 0 Å². The van der Waals surface area contributed by atoms with Crippen molar-refractivity contribution in [3.8, 4) is 0 Å². The van der Waals surface area contributed by atoms with Gasteiger partial charge in [-0.2, -0.15) is 0 Å². The first kappa shape index (κ1) is 15.9. The van der Waals surface area contributed by atoms with E-state index >= 15 is 0 Å². The molecule has 3 heteroatoms. The fourth-order valence-corrected chi connectivity index (χ4v) is 2.95. The molecule has 1 N–H and O–H groups in total. The third-order valence-electron chi connectivity index (χ3n) is 3.96. The highest BCUT2D eigenvalue weighted by Crippen LogP contribution is 2.26. The standard InChI is InChI=1S/C15H32N2O/c1-6-8-15(4,11-16-13(2)3)12-17-9-7-14(10-17)18-5/h13-14,16H,6-12H2,1-5H3. The second-order valence-electron chi connectivity index (χ2n) is 6.48. The van der Waals surface area contributed by atoms with E-state index in [0.29, 0.717) is 17.6 Å². The van der Waals surface area contributed by atoms with Crippen LogP contribution in [0, 0.1) is 5.41 Å². The van der Waals surface area contributed by atoms with Crippen LogP contribution in [-0.4, -0.2) is 50.3 Å². The summed E-state index contributed by atoms with van der Waals surface area (Å²) in [6.45, 7) is 13.8. The molecule has 1 heterocycles. The highest BCUT2D eigenvalue weighted by molar-refractivity contribution is 4.85. The fraction of sp³-hybridized carbons (Fsp3) is 1.00. The number of hydrogen-bond acceptors (Lipinski definition) is 3. The number of hydrogen-bond donors (Lipinski definition) is 1. The van der Waals surface area contributed by atoms with Crippen molar-refractivity contribution in [2.75, 3.05) is 33.3 Å². The molecule has 1 aliphatic rings. The Morgan fingerprint density at radius 2 is 2.17 bits per heavy atom. The lowest BCUT2D eigenvalue weighted by Gasteiger charge is -2.34. The number of methoxy groups -OCH3 is 1. The van der Waals surface area contributed by atoms with Crippen LogP contribution in [0.2, 0.25) is 0 Å². The average Bonchev–Trinajstić information content (AvgIpc) is 2.74. The van der Waals surface area contributed by atoms with Crippen LogP contribution in [0.25, 0.3) is 0 Å². The minimum Gasteiger partial charge on any atom is -0.380 e. The van der Waals surface area contributed by atoms with Crippen molar-refractivity contribution < 1.29 is 4.74 Å². The molecular weight excluding hydrogens is 224 g/mol. The quantitative estimate of drug-likeness (QED) is 0.722. The predicted octanol–water partition coefficient (Wildman–Crippen LogP) is 2.51. The summed E-state index contributed by atoms with van der Waals surface area (Å²) in [7, 11) is 1.83. The summed E-state index contributed by atoms with van der Waals surface area (Å²) in [5.41, 5.74) is 0.391. The third-order valence-corrected chi connectivity index (χ3v) is 3.96. The van der Waals surface area contributed by atoms with E-state index in [1.807, 2.05) is 7.11 Å². The molecule has 0 bridgehead atoms. The zero-order valence-electron chi connectivity index (χ0n) is 13.0. The Bertz CT molecular complexity index is 233. The Labute approximate surface area is 113 Å². The molecule has 0 aromatic rings. The minimum absolute atomic E-state index is 0.391. The molecule has 0 saturated carbocycles. The van der Waals surface area contributed by atoms with Gasteiger partial charge in [-0.05, 0) is 18.3 Å². The Morgan fingerprint density at radius 1 is 1.44 bits per heavy atom. The number of nitrogens with zero attached hydrogens (tertiary/aromatic N) is 1. The lowest BCUT2D eigenvalue weighted by atomic mass is 9.84. The number of ether oxygens (including phenoxy) is 1. The van der Waals surface area contributed by atoms with E-state index in [9.17, 15) is 0 Å². The van der Waals surface area contributed by atoms with Gasteiger partial charge < -0.3 is 15.0 Å². The van der Waals surface area contributed by atoms with Gasteiger partial charge in [0.15, 0.2) is 0 Å². The molecule has 0 aromatic heterocycles. The van der Waals surface area contributed by atoms with Crippen molar-refractivity contribution in [1.82, 2.24) is 10.2 Å². The number of likely N-dealkylation sites (tertiary alicyclic amines) is 1. The van der Waals surface area contributed by atoms with Crippen molar-refractivity contribution in [3.63, 3.8) is 0 Å². The van der Waals surface area contributed by atoms with Crippen LogP contribution in [0.3, 0.4) is 0 Å². The first-order valence-electron chi connectivity index (χ1n) is 7.47. The molecule has 0 radical (unpaired) electrons. The highest BCUT2D eigenvalue weighted by Gasteiger charge is 2.30. The van der Waals surface area contributed by atoms with Crippen LogP contribution in [0.1, 0.15) is 47.0 Å². The average molecular weight is 256 g/mol. The zero-order chi connectivity index (χ0) is 13.6. The van der Waals surface area contributed by atoms with Gasteiger partial charge in [-0.25, -0.2) is 0 Å². The molecule has 0 spiro atoms. The van der Waals surface area contributed by atoms with Gasteiger partial charge in [0.1, 0.15) is 0 Å². The molecule has 0 aliphatic carbocycles. The molecule has 1 aliphatic heterocycles. The van der Waals surface area contributed by atoms with Gasteiger partial charge in [0, 0.05) is 39.3 Å². The molecule has 2 atom stereocenters. The first-order chi connectivity index (χ1) is 8.49. The van der Waals surface area contributed by atoms with Crippen LogP contribution in [0.5, 0.6) is 0 Å². The molecule has 2 unspecified atom stereocenters. The third kappa shape index (κ3) is 5.25.